The summed E-state index contributed by atoms with van der Waals surface area (Å²) in [4.78, 5) is 10.9. The van der Waals surface area contributed by atoms with Gasteiger partial charge in [-0.2, -0.15) is 0 Å². The lowest BCUT2D eigenvalue weighted by molar-refractivity contribution is -0.0769. The first kappa shape index (κ1) is 9.86. The van der Waals surface area contributed by atoms with E-state index in [0.29, 0.717) is 5.56 Å². The van der Waals surface area contributed by atoms with Crippen LogP contribution in [0.2, 0.25) is 0 Å². The lowest BCUT2D eigenvalue weighted by Gasteiger charge is -2.12. The van der Waals surface area contributed by atoms with Gasteiger partial charge in [-0.05, 0) is 13.8 Å². The van der Waals surface area contributed by atoms with Crippen molar-refractivity contribution in [2.24, 2.45) is 0 Å². The number of benzene rings is 1. The van der Waals surface area contributed by atoms with E-state index in [4.69, 9.17) is 5.11 Å². The molecule has 1 aromatic rings. The summed E-state index contributed by atoms with van der Waals surface area (Å²) in [5.74, 6) is -2.42. The van der Waals surface area contributed by atoms with Gasteiger partial charge in [0.25, 0.3) is 0 Å². The molecule has 0 amide bonds. The minimum absolute atomic E-state index is 0.0787. The molecular weight excluding hydrogens is 171 g/mol. The summed E-state index contributed by atoms with van der Waals surface area (Å²) >= 11 is 0. The van der Waals surface area contributed by atoms with E-state index < -0.39 is 5.85 Å². The van der Waals surface area contributed by atoms with Crippen molar-refractivity contribution < 1.29 is 14.3 Å². The van der Waals surface area contributed by atoms with E-state index in [1.165, 1.54) is 31.2 Å². The first-order valence-electron chi connectivity index (χ1n) is 3.94. The van der Waals surface area contributed by atoms with Crippen molar-refractivity contribution in [3.63, 3.8) is 0 Å². The quantitative estimate of drug-likeness (QED) is 0.710. The number of carbonyl (C=O) groups excluding carboxylic acids is 1. The maximum Gasteiger partial charge on any atom is 0.230 e. The van der Waals surface area contributed by atoms with Crippen LogP contribution in [0, 0.1) is 0 Å². The highest BCUT2D eigenvalue weighted by molar-refractivity contribution is 5.94. The van der Waals surface area contributed by atoms with Crippen LogP contribution in [0.25, 0.3) is 0 Å². The Labute approximate surface area is 76.0 Å². The largest absolute Gasteiger partial charge is 0.358 e. The lowest BCUT2D eigenvalue weighted by atomic mass is 10.1. The molecular formula is C10H11FO2. The van der Waals surface area contributed by atoms with Gasteiger partial charge in [0, 0.05) is 11.1 Å². The van der Waals surface area contributed by atoms with Gasteiger partial charge < -0.3 is 5.11 Å². The fraction of sp³-hybridized carbons (Fsp3) is 0.300. The van der Waals surface area contributed by atoms with Gasteiger partial charge in [-0.15, -0.1) is 0 Å². The Morgan fingerprint density at radius 2 is 1.85 bits per heavy atom. The normalized spacial score (nSPS) is 15.1. The van der Waals surface area contributed by atoms with E-state index in [1.54, 1.807) is 0 Å². The fourth-order valence-electron chi connectivity index (χ4n) is 1.01. The number of hydrogen-bond donors (Lipinski definition) is 1. The van der Waals surface area contributed by atoms with Crippen LogP contribution in [0.5, 0.6) is 0 Å². The van der Waals surface area contributed by atoms with Crippen LogP contribution in [0.15, 0.2) is 24.3 Å². The number of halogens is 1. The third-order valence-electron chi connectivity index (χ3n) is 1.82. The van der Waals surface area contributed by atoms with Crippen LogP contribution in [0.1, 0.15) is 29.8 Å². The van der Waals surface area contributed by atoms with Gasteiger partial charge in [0.05, 0.1) is 0 Å². The Bertz CT molecular complexity index is 309. The molecule has 2 nitrogen and oxygen atoms in total. The van der Waals surface area contributed by atoms with Crippen LogP contribution >= 0.6 is 0 Å². The van der Waals surface area contributed by atoms with Crippen molar-refractivity contribution in [3.05, 3.63) is 35.4 Å². The summed E-state index contributed by atoms with van der Waals surface area (Å²) in [6, 6.07) is 5.78. The SMILES string of the molecule is CC(=O)c1ccc(C(C)(O)F)cc1. The van der Waals surface area contributed by atoms with Crippen LogP contribution in [-0.4, -0.2) is 10.9 Å². The van der Waals surface area contributed by atoms with E-state index in [1.807, 2.05) is 0 Å². The second kappa shape index (κ2) is 3.26. The van der Waals surface area contributed by atoms with E-state index in [2.05, 4.69) is 0 Å². The molecule has 0 aliphatic heterocycles. The second-order valence-electron chi connectivity index (χ2n) is 3.09. The van der Waals surface area contributed by atoms with Crippen molar-refractivity contribution in [1.29, 1.82) is 0 Å². The molecule has 70 valence electrons. The van der Waals surface area contributed by atoms with Gasteiger partial charge in [-0.1, -0.05) is 24.3 Å². The van der Waals surface area contributed by atoms with Gasteiger partial charge in [0.2, 0.25) is 5.85 Å². The molecule has 0 fully saturated rings. The zero-order valence-electron chi connectivity index (χ0n) is 7.54. The minimum Gasteiger partial charge on any atom is -0.358 e. The molecule has 0 aromatic heterocycles. The Hall–Kier alpha value is -1.22. The Morgan fingerprint density at radius 1 is 1.38 bits per heavy atom. The van der Waals surface area contributed by atoms with E-state index >= 15 is 0 Å². The molecule has 3 heteroatoms. The summed E-state index contributed by atoms with van der Waals surface area (Å²) in [6.45, 7) is 2.48. The van der Waals surface area contributed by atoms with E-state index in [-0.39, 0.29) is 11.3 Å². The summed E-state index contributed by atoms with van der Waals surface area (Å²) in [5, 5.41) is 8.97. The number of Topliss-reactive ketones (excluding diaryl/α,β-unsaturated/α-hetero) is 1. The topological polar surface area (TPSA) is 37.3 Å². The van der Waals surface area contributed by atoms with Crippen LogP contribution in [-0.2, 0) is 5.85 Å². The second-order valence-corrected chi connectivity index (χ2v) is 3.09. The maximum atomic E-state index is 12.9. The smallest absolute Gasteiger partial charge is 0.230 e. The predicted octanol–water partition coefficient (Wildman–Crippen LogP) is 2.02. The van der Waals surface area contributed by atoms with Crippen molar-refractivity contribution in [2.75, 3.05) is 0 Å². The highest BCUT2D eigenvalue weighted by atomic mass is 19.2. The molecule has 0 radical (unpaired) electrons. The Kier molecular flexibility index (Phi) is 2.48. The first-order valence-corrected chi connectivity index (χ1v) is 3.94. The van der Waals surface area contributed by atoms with Gasteiger partial charge in [-0.3, -0.25) is 4.79 Å². The van der Waals surface area contributed by atoms with Gasteiger partial charge in [-0.25, -0.2) is 4.39 Å². The van der Waals surface area contributed by atoms with Crippen molar-refractivity contribution in [3.8, 4) is 0 Å². The molecule has 1 aromatic carbocycles. The van der Waals surface area contributed by atoms with E-state index in [0.717, 1.165) is 6.92 Å². The number of rotatable bonds is 2. The number of hydrogen-bond acceptors (Lipinski definition) is 2. The Balaban J connectivity index is 3.01. The molecule has 0 saturated carbocycles. The van der Waals surface area contributed by atoms with Crippen LogP contribution in [0.4, 0.5) is 4.39 Å². The first-order chi connectivity index (χ1) is 5.91. The molecule has 0 bridgehead atoms. The molecule has 1 atom stereocenters. The fourth-order valence-corrected chi connectivity index (χ4v) is 1.01. The van der Waals surface area contributed by atoms with Gasteiger partial charge in [0.1, 0.15) is 0 Å². The molecule has 0 spiro atoms. The minimum atomic E-state index is -2.34. The summed E-state index contributed by atoms with van der Waals surface area (Å²) in [6.07, 6.45) is 0. The molecule has 1 rings (SSSR count). The molecule has 1 unspecified atom stereocenters. The standard InChI is InChI=1S/C10H11FO2/c1-7(12)8-3-5-9(6-4-8)10(2,11)13/h3-6,13H,1-2H3. The number of ketones is 1. The van der Waals surface area contributed by atoms with Crippen LogP contribution < -0.4 is 0 Å². The average molecular weight is 182 g/mol. The highest BCUT2D eigenvalue weighted by Crippen LogP contribution is 2.21. The molecule has 0 aliphatic carbocycles. The van der Waals surface area contributed by atoms with Gasteiger partial charge >= 0.3 is 0 Å². The van der Waals surface area contributed by atoms with Gasteiger partial charge in [0.15, 0.2) is 5.78 Å². The zero-order valence-corrected chi connectivity index (χ0v) is 7.54. The third-order valence-corrected chi connectivity index (χ3v) is 1.82. The van der Waals surface area contributed by atoms with Crippen molar-refractivity contribution >= 4 is 5.78 Å². The highest BCUT2D eigenvalue weighted by Gasteiger charge is 2.20. The number of alkyl halides is 1. The van der Waals surface area contributed by atoms with Crippen molar-refractivity contribution in [1.82, 2.24) is 0 Å². The van der Waals surface area contributed by atoms with Crippen molar-refractivity contribution in [2.45, 2.75) is 19.7 Å². The maximum absolute atomic E-state index is 12.9. The summed E-state index contributed by atoms with van der Waals surface area (Å²) < 4.78 is 12.9. The lowest BCUT2D eigenvalue weighted by Crippen LogP contribution is -2.13. The molecule has 1 N–H and O–H groups in total. The summed E-state index contributed by atoms with van der Waals surface area (Å²) in [5.41, 5.74) is 0.658. The average Bonchev–Trinajstić information content (AvgIpc) is 2.03. The monoisotopic (exact) mass is 182 g/mol. The van der Waals surface area contributed by atoms with Crippen LogP contribution in [0.3, 0.4) is 0 Å². The predicted molar refractivity (Wildman–Crippen MR) is 47.1 cm³/mol. The third kappa shape index (κ3) is 2.36. The molecule has 0 heterocycles. The molecule has 13 heavy (non-hydrogen) atoms. The number of carbonyl (C=O) groups is 1. The number of aliphatic hydroxyl groups is 1. The molecule has 0 saturated heterocycles. The molecule has 0 aliphatic rings. The zero-order chi connectivity index (χ0) is 10.1. The Morgan fingerprint density at radius 3 is 2.15 bits per heavy atom. The summed E-state index contributed by atoms with van der Waals surface area (Å²) in [7, 11) is 0. The van der Waals surface area contributed by atoms with E-state index in [9.17, 15) is 9.18 Å².